The minimum absolute atomic E-state index is 0.00734. The van der Waals surface area contributed by atoms with E-state index in [0.29, 0.717) is 33.2 Å². The molecule has 1 aliphatic rings. The molecule has 0 aromatic heterocycles. The number of aliphatic imine (C=N–C) groups is 1. The Hall–Kier alpha value is -3.85. The van der Waals surface area contributed by atoms with Crippen LogP contribution in [-0.2, 0) is 17.4 Å². The number of hydrogen-bond donors (Lipinski definition) is 3. The molecule has 3 amide bonds. The molecule has 3 aromatic carbocycles. The highest BCUT2D eigenvalue weighted by Crippen LogP contribution is 2.33. The van der Waals surface area contributed by atoms with E-state index in [-0.39, 0.29) is 24.4 Å². The predicted octanol–water partition coefficient (Wildman–Crippen LogP) is 7.07. The van der Waals surface area contributed by atoms with Crippen LogP contribution >= 0.6 is 11.6 Å². The van der Waals surface area contributed by atoms with Gasteiger partial charge in [-0.15, -0.1) is 0 Å². The fourth-order valence-corrected chi connectivity index (χ4v) is 4.44. The van der Waals surface area contributed by atoms with Crippen molar-refractivity contribution in [2.24, 2.45) is 4.99 Å². The smallest absolute Gasteiger partial charge is 0.333 e. The number of benzene rings is 3. The van der Waals surface area contributed by atoms with Crippen molar-refractivity contribution in [3.8, 4) is 0 Å². The van der Waals surface area contributed by atoms with Gasteiger partial charge in [-0.2, -0.15) is 13.2 Å². The number of anilines is 2. The maximum atomic E-state index is 13.5. The number of amides is 3. The molecule has 10 heteroatoms. The molecule has 0 saturated heterocycles. The third kappa shape index (κ3) is 7.17. The third-order valence-corrected chi connectivity index (χ3v) is 6.23. The first-order chi connectivity index (χ1) is 18.3. The molecule has 0 aliphatic carbocycles. The second-order valence-corrected chi connectivity index (χ2v) is 10.7. The average Bonchev–Trinajstić information content (AvgIpc) is 2.97. The van der Waals surface area contributed by atoms with Gasteiger partial charge in [0.2, 0.25) is 5.91 Å². The highest BCUT2D eigenvalue weighted by atomic mass is 35.5. The van der Waals surface area contributed by atoms with Gasteiger partial charge >= 0.3 is 12.2 Å². The maximum absolute atomic E-state index is 13.5. The van der Waals surface area contributed by atoms with Crippen LogP contribution in [-0.4, -0.2) is 29.2 Å². The molecular weight excluding hydrogens is 529 g/mol. The summed E-state index contributed by atoms with van der Waals surface area (Å²) in [5, 5.41) is 8.87. The fourth-order valence-electron chi connectivity index (χ4n) is 4.27. The summed E-state index contributed by atoms with van der Waals surface area (Å²) in [7, 11) is 0. The number of halogens is 4. The molecule has 4 rings (SSSR count). The lowest BCUT2D eigenvalue weighted by molar-refractivity contribution is -0.138. The number of nitrogens with zero attached hydrogens (tertiary/aromatic N) is 1. The Balaban J connectivity index is 1.65. The predicted molar refractivity (Wildman–Crippen MR) is 148 cm³/mol. The summed E-state index contributed by atoms with van der Waals surface area (Å²) in [5.41, 5.74) is 1.71. The van der Waals surface area contributed by atoms with Crippen LogP contribution in [0.2, 0.25) is 5.02 Å². The highest BCUT2D eigenvalue weighted by molar-refractivity contribution is 6.32. The molecule has 3 N–H and O–H groups in total. The van der Waals surface area contributed by atoms with E-state index >= 15 is 0 Å². The Bertz CT molecular complexity index is 1410. The first-order valence-corrected chi connectivity index (χ1v) is 12.7. The number of alkyl halides is 3. The summed E-state index contributed by atoms with van der Waals surface area (Å²) < 4.78 is 40.5. The summed E-state index contributed by atoms with van der Waals surface area (Å²) in [6, 6.07) is 15.9. The van der Waals surface area contributed by atoms with Gasteiger partial charge in [-0.1, -0.05) is 41.9 Å². The maximum Gasteiger partial charge on any atom is 0.416 e. The molecule has 1 aliphatic heterocycles. The van der Waals surface area contributed by atoms with E-state index in [1.807, 2.05) is 20.8 Å². The van der Waals surface area contributed by atoms with Crippen molar-refractivity contribution in [2.75, 3.05) is 10.6 Å². The number of aryl methyl sites for hydroxylation is 1. The quantitative estimate of drug-likeness (QED) is 0.314. The second-order valence-electron chi connectivity index (χ2n) is 10.3. The van der Waals surface area contributed by atoms with Crippen LogP contribution in [0.4, 0.5) is 29.3 Å². The first-order valence-electron chi connectivity index (χ1n) is 12.3. The molecule has 0 saturated carbocycles. The van der Waals surface area contributed by atoms with Crippen molar-refractivity contribution in [3.05, 3.63) is 94.0 Å². The van der Waals surface area contributed by atoms with Crippen LogP contribution in [0.1, 0.15) is 49.4 Å². The van der Waals surface area contributed by atoms with E-state index in [4.69, 9.17) is 16.6 Å². The zero-order valence-electron chi connectivity index (χ0n) is 21.6. The Morgan fingerprint density at radius 3 is 2.38 bits per heavy atom. The van der Waals surface area contributed by atoms with Crippen molar-refractivity contribution >= 4 is 40.6 Å². The number of carbonyl (C=O) groups excluding carboxylic acids is 2. The lowest BCUT2D eigenvalue weighted by Gasteiger charge is -2.20. The van der Waals surface area contributed by atoms with Gasteiger partial charge in [0.05, 0.1) is 17.0 Å². The summed E-state index contributed by atoms with van der Waals surface area (Å²) in [5.74, 6) is -0.421. The number of hydrogen-bond acceptors (Lipinski definition) is 3. The van der Waals surface area contributed by atoms with Gasteiger partial charge in [0, 0.05) is 27.4 Å². The van der Waals surface area contributed by atoms with Gasteiger partial charge in [-0.25, -0.2) is 4.79 Å². The standard InChI is InChI=1S/C29H28ClF3N4O2/c1-28(2,3)37-27(39)34-20-12-8-18(9-13-20)25-21-16-19(30)11-15-23(21)36-26(38)24(35-25)14-10-17-6-4-5-7-22(17)29(31,32)33/h4-9,11-13,15-16,24H,10,14H2,1-3H3,(H,36,38)(H2,34,37,39). The second kappa shape index (κ2) is 11.1. The van der Waals surface area contributed by atoms with E-state index in [1.165, 1.54) is 12.1 Å². The van der Waals surface area contributed by atoms with Crippen molar-refractivity contribution < 1.29 is 22.8 Å². The molecule has 0 spiro atoms. The van der Waals surface area contributed by atoms with Crippen LogP contribution in [0.25, 0.3) is 0 Å². The number of nitrogens with one attached hydrogen (secondary N) is 3. The fraction of sp³-hybridized carbons (Fsp3) is 0.276. The van der Waals surface area contributed by atoms with Crippen LogP contribution in [0.15, 0.2) is 71.7 Å². The lowest BCUT2D eigenvalue weighted by atomic mass is 9.99. The molecular formula is C29H28ClF3N4O2. The topological polar surface area (TPSA) is 82.6 Å². The Morgan fingerprint density at radius 2 is 1.72 bits per heavy atom. The van der Waals surface area contributed by atoms with Crippen LogP contribution in [0, 0.1) is 0 Å². The summed E-state index contributed by atoms with van der Waals surface area (Å²) >= 11 is 6.26. The van der Waals surface area contributed by atoms with Crippen molar-refractivity contribution in [2.45, 2.75) is 51.4 Å². The normalized spacial score (nSPS) is 15.5. The molecule has 6 nitrogen and oxygen atoms in total. The summed E-state index contributed by atoms with van der Waals surface area (Å²) in [6.07, 6.45) is -4.42. The molecule has 1 atom stereocenters. The Kier molecular flexibility index (Phi) is 8.02. The first kappa shape index (κ1) is 28.2. The van der Waals surface area contributed by atoms with E-state index in [1.54, 1.807) is 48.5 Å². The zero-order valence-corrected chi connectivity index (χ0v) is 22.4. The molecule has 1 heterocycles. The van der Waals surface area contributed by atoms with E-state index in [9.17, 15) is 22.8 Å². The lowest BCUT2D eigenvalue weighted by Crippen LogP contribution is -2.43. The largest absolute Gasteiger partial charge is 0.416 e. The molecule has 204 valence electrons. The minimum atomic E-state index is -4.50. The molecule has 0 bridgehead atoms. The monoisotopic (exact) mass is 556 g/mol. The highest BCUT2D eigenvalue weighted by Gasteiger charge is 2.33. The number of benzodiazepines with no additional fused rings is 1. The number of urea groups is 1. The number of rotatable bonds is 5. The van der Waals surface area contributed by atoms with Crippen LogP contribution in [0.3, 0.4) is 0 Å². The van der Waals surface area contributed by atoms with Gasteiger partial charge in [0.25, 0.3) is 0 Å². The number of carbonyl (C=O) groups is 2. The van der Waals surface area contributed by atoms with Gasteiger partial charge in [0.15, 0.2) is 0 Å². The van der Waals surface area contributed by atoms with Gasteiger partial charge in [0.1, 0.15) is 6.04 Å². The van der Waals surface area contributed by atoms with E-state index in [0.717, 1.165) is 6.07 Å². The Labute approximate surface area is 229 Å². The van der Waals surface area contributed by atoms with Gasteiger partial charge < -0.3 is 16.0 Å². The Morgan fingerprint density at radius 1 is 1.03 bits per heavy atom. The SMILES string of the molecule is CC(C)(C)NC(=O)Nc1ccc(C2=NC(CCc3ccccc3C(F)(F)F)C(=O)Nc3ccc(Cl)cc32)cc1. The van der Waals surface area contributed by atoms with Crippen LogP contribution < -0.4 is 16.0 Å². The van der Waals surface area contributed by atoms with Crippen molar-refractivity contribution in [1.82, 2.24) is 5.32 Å². The third-order valence-electron chi connectivity index (χ3n) is 6.00. The summed E-state index contributed by atoms with van der Waals surface area (Å²) in [4.78, 5) is 30.1. The molecule has 0 radical (unpaired) electrons. The molecule has 3 aromatic rings. The van der Waals surface area contributed by atoms with Gasteiger partial charge in [-0.3, -0.25) is 9.79 Å². The minimum Gasteiger partial charge on any atom is -0.333 e. The zero-order chi connectivity index (χ0) is 28.4. The van der Waals surface area contributed by atoms with Crippen LogP contribution in [0.5, 0.6) is 0 Å². The summed E-state index contributed by atoms with van der Waals surface area (Å²) in [6.45, 7) is 5.61. The van der Waals surface area contributed by atoms with E-state index < -0.39 is 29.2 Å². The van der Waals surface area contributed by atoms with Crippen molar-refractivity contribution in [1.29, 1.82) is 0 Å². The average molecular weight is 557 g/mol. The number of fused-ring (bicyclic) bond motifs is 1. The molecule has 1 unspecified atom stereocenters. The van der Waals surface area contributed by atoms with Crippen molar-refractivity contribution in [3.63, 3.8) is 0 Å². The molecule has 39 heavy (non-hydrogen) atoms. The molecule has 0 fully saturated rings. The van der Waals surface area contributed by atoms with E-state index in [2.05, 4.69) is 16.0 Å². The van der Waals surface area contributed by atoms with Gasteiger partial charge in [-0.05, 0) is 75.6 Å².